The van der Waals surface area contributed by atoms with Crippen LogP contribution in [0.5, 0.6) is 0 Å². The highest BCUT2D eigenvalue weighted by Crippen LogP contribution is 2.78. The molecule has 8 nitrogen and oxygen atoms in total. The molecule has 1 heterocycles. The maximum Gasteiger partial charge on any atom is 0.124 e. The van der Waals surface area contributed by atoms with Crippen LogP contribution in [0.4, 0.5) is 0 Å². The Morgan fingerprint density at radius 3 is 2.33 bits per heavy atom. The first-order chi connectivity index (χ1) is 14.2. The molecule has 0 aromatic rings. The Morgan fingerprint density at radius 2 is 1.70 bits per heavy atom. The third kappa shape index (κ3) is 1.73. The molecule has 13 atom stereocenters. The standard InChI is InChI=1S/C22H35NO7/c1-4-23-9-19(26)13-6-11-17(23)21(13,16(25)7-15(19)24)14-5-10-12(29-2)8-20(11,27)22(14,28)18(10)30-3/h10-18,24-28H,4-9H2,1-3H3/t10-,11+,12-,13-,14-,15-,16+,17+,18+,19-,20+,21+,22+/m1/s1. The van der Waals surface area contributed by atoms with Crippen molar-refractivity contribution in [2.75, 3.05) is 27.3 Å². The molecule has 170 valence electrons. The van der Waals surface area contributed by atoms with Crippen molar-refractivity contribution >= 4 is 0 Å². The van der Waals surface area contributed by atoms with Gasteiger partial charge < -0.3 is 35.0 Å². The summed E-state index contributed by atoms with van der Waals surface area (Å²) in [5.74, 6) is -1.25. The molecule has 0 aromatic heterocycles. The summed E-state index contributed by atoms with van der Waals surface area (Å²) < 4.78 is 11.6. The van der Waals surface area contributed by atoms with Crippen LogP contribution in [0.25, 0.3) is 0 Å². The van der Waals surface area contributed by atoms with Crippen molar-refractivity contribution in [1.82, 2.24) is 4.90 Å². The van der Waals surface area contributed by atoms with Crippen LogP contribution in [0.2, 0.25) is 0 Å². The van der Waals surface area contributed by atoms with Crippen molar-refractivity contribution in [2.24, 2.45) is 29.1 Å². The Labute approximate surface area is 176 Å². The molecule has 0 aromatic carbocycles. The lowest BCUT2D eigenvalue weighted by Crippen LogP contribution is -2.84. The number of aliphatic hydroxyl groups is 5. The molecular formula is C22H35NO7. The van der Waals surface area contributed by atoms with Crippen LogP contribution >= 0.6 is 0 Å². The van der Waals surface area contributed by atoms with Crippen LogP contribution in [0.3, 0.4) is 0 Å². The monoisotopic (exact) mass is 425 g/mol. The van der Waals surface area contributed by atoms with E-state index in [1.165, 1.54) is 0 Å². The van der Waals surface area contributed by atoms with E-state index in [-0.39, 0.29) is 36.3 Å². The van der Waals surface area contributed by atoms with Gasteiger partial charge in [0.15, 0.2) is 0 Å². The Hall–Kier alpha value is -0.320. The molecule has 0 unspecified atom stereocenters. The maximum atomic E-state index is 12.3. The van der Waals surface area contributed by atoms with E-state index in [9.17, 15) is 25.5 Å². The molecule has 6 aliphatic rings. The summed E-state index contributed by atoms with van der Waals surface area (Å²) in [6.45, 7) is 2.99. The predicted octanol–water partition coefficient (Wildman–Crippen LogP) is -1.28. The highest BCUT2D eigenvalue weighted by atomic mass is 16.5. The first kappa shape index (κ1) is 20.3. The van der Waals surface area contributed by atoms with Crippen LogP contribution < -0.4 is 0 Å². The molecule has 1 aliphatic heterocycles. The molecule has 8 heteroatoms. The number of piperidine rings is 1. The minimum atomic E-state index is -1.52. The highest BCUT2D eigenvalue weighted by molar-refractivity contribution is 5.39. The van der Waals surface area contributed by atoms with Crippen molar-refractivity contribution in [2.45, 2.75) is 79.9 Å². The Morgan fingerprint density at radius 1 is 0.967 bits per heavy atom. The summed E-state index contributed by atoms with van der Waals surface area (Å²) in [6, 6.07) is -0.155. The second-order valence-corrected chi connectivity index (χ2v) is 11.0. The van der Waals surface area contributed by atoms with Crippen LogP contribution in [0.15, 0.2) is 0 Å². The summed E-state index contributed by atoms with van der Waals surface area (Å²) in [7, 11) is 3.21. The van der Waals surface area contributed by atoms with Crippen LogP contribution in [0.1, 0.15) is 32.6 Å². The minimum Gasteiger partial charge on any atom is -0.392 e. The van der Waals surface area contributed by atoms with Crippen molar-refractivity contribution in [3.63, 3.8) is 0 Å². The molecule has 1 spiro atoms. The van der Waals surface area contributed by atoms with Gasteiger partial charge in [-0.2, -0.15) is 0 Å². The molecule has 5 N–H and O–H groups in total. The summed E-state index contributed by atoms with van der Waals surface area (Å²) in [5.41, 5.74) is -5.10. The van der Waals surface area contributed by atoms with E-state index in [1.54, 1.807) is 14.2 Å². The molecule has 6 rings (SSSR count). The van der Waals surface area contributed by atoms with E-state index >= 15 is 0 Å². The van der Waals surface area contributed by atoms with Gasteiger partial charge in [0.25, 0.3) is 0 Å². The van der Waals surface area contributed by atoms with E-state index < -0.39 is 46.4 Å². The van der Waals surface area contributed by atoms with E-state index in [2.05, 4.69) is 4.90 Å². The van der Waals surface area contributed by atoms with Gasteiger partial charge in [0, 0.05) is 68.7 Å². The molecular weight excluding hydrogens is 390 g/mol. The second kappa shape index (κ2) is 5.78. The number of hydrogen-bond acceptors (Lipinski definition) is 8. The number of nitrogens with zero attached hydrogens (tertiary/aromatic N) is 1. The first-order valence-corrected chi connectivity index (χ1v) is 11.5. The number of ether oxygens (including phenoxy) is 2. The largest absolute Gasteiger partial charge is 0.392 e. The average molecular weight is 426 g/mol. The summed E-state index contributed by atoms with van der Waals surface area (Å²) in [4.78, 5) is 2.15. The molecule has 1 saturated heterocycles. The van der Waals surface area contributed by atoms with Crippen molar-refractivity contribution in [3.05, 3.63) is 0 Å². The summed E-state index contributed by atoms with van der Waals surface area (Å²) in [5, 5.41) is 58.8. The number of aliphatic hydroxyl groups excluding tert-OH is 2. The molecule has 0 amide bonds. The zero-order chi connectivity index (χ0) is 21.4. The van der Waals surface area contributed by atoms with Gasteiger partial charge in [-0.25, -0.2) is 0 Å². The van der Waals surface area contributed by atoms with E-state index in [0.29, 0.717) is 32.4 Å². The number of methoxy groups -OCH3 is 2. The second-order valence-electron chi connectivity index (χ2n) is 11.0. The fraction of sp³-hybridized carbons (Fsp3) is 1.00. The number of rotatable bonds is 3. The number of fused-ring (bicyclic) bond motifs is 2. The quantitative estimate of drug-likeness (QED) is 0.379. The van der Waals surface area contributed by atoms with E-state index in [1.807, 2.05) is 6.92 Å². The SMILES string of the molecule is CCN1C[C@]2(O)[C@H](O)C[C@H](O)[C@]34[C@@H]1[C@H](C[C@H]23)[C@@]1(O)C[C@@H](OC)[C@H]2C[C@H]4[C@]1(O)[C@H]2OC. The fourth-order valence-electron chi connectivity index (χ4n) is 9.98. The van der Waals surface area contributed by atoms with Crippen molar-refractivity contribution in [1.29, 1.82) is 0 Å². The van der Waals surface area contributed by atoms with Crippen LogP contribution in [-0.4, -0.2) is 105 Å². The van der Waals surface area contributed by atoms with Gasteiger partial charge in [0.2, 0.25) is 0 Å². The van der Waals surface area contributed by atoms with Gasteiger partial charge in [-0.15, -0.1) is 0 Å². The number of likely N-dealkylation sites (tertiary alicyclic amines) is 1. The summed E-state index contributed by atoms with van der Waals surface area (Å²) >= 11 is 0. The lowest BCUT2D eigenvalue weighted by atomic mass is 9.43. The number of hydrogen-bond donors (Lipinski definition) is 5. The highest BCUT2D eigenvalue weighted by Gasteiger charge is 2.89. The van der Waals surface area contributed by atoms with Crippen LogP contribution in [-0.2, 0) is 9.47 Å². The fourth-order valence-corrected chi connectivity index (χ4v) is 9.98. The van der Waals surface area contributed by atoms with E-state index in [0.717, 1.165) is 0 Å². The maximum absolute atomic E-state index is 12.3. The summed E-state index contributed by atoms with van der Waals surface area (Å²) in [6.07, 6.45) is -1.26. The zero-order valence-corrected chi connectivity index (χ0v) is 17.9. The zero-order valence-electron chi connectivity index (χ0n) is 17.9. The minimum absolute atomic E-state index is 0.0908. The third-order valence-electron chi connectivity index (χ3n) is 10.8. The predicted molar refractivity (Wildman–Crippen MR) is 104 cm³/mol. The third-order valence-corrected chi connectivity index (χ3v) is 10.8. The van der Waals surface area contributed by atoms with Gasteiger partial charge >= 0.3 is 0 Å². The number of likely N-dealkylation sites (N-methyl/N-ethyl adjacent to an activating group) is 1. The first-order valence-electron chi connectivity index (χ1n) is 11.5. The van der Waals surface area contributed by atoms with Crippen LogP contribution in [0, 0.1) is 29.1 Å². The average Bonchev–Trinajstić information content (AvgIpc) is 3.14. The molecule has 30 heavy (non-hydrogen) atoms. The Balaban J connectivity index is 1.63. The topological polar surface area (TPSA) is 123 Å². The van der Waals surface area contributed by atoms with Gasteiger partial charge in [0.1, 0.15) is 16.8 Å². The van der Waals surface area contributed by atoms with Crippen molar-refractivity contribution in [3.8, 4) is 0 Å². The number of β-amino-alcohol motifs (C(OH)–C–C–N with tert-alkyl or cyclic N) is 1. The van der Waals surface area contributed by atoms with E-state index in [4.69, 9.17) is 9.47 Å². The van der Waals surface area contributed by atoms with Gasteiger partial charge in [0.05, 0.1) is 24.4 Å². The smallest absolute Gasteiger partial charge is 0.124 e. The molecule has 5 saturated carbocycles. The van der Waals surface area contributed by atoms with Gasteiger partial charge in [-0.1, -0.05) is 6.92 Å². The molecule has 7 bridgehead atoms. The lowest BCUT2D eigenvalue weighted by Gasteiger charge is -2.70. The molecule has 6 fully saturated rings. The lowest BCUT2D eigenvalue weighted by molar-refractivity contribution is -0.345. The molecule has 0 radical (unpaired) electrons. The Kier molecular flexibility index (Phi) is 3.91. The normalized spacial score (nSPS) is 65.8. The van der Waals surface area contributed by atoms with Crippen molar-refractivity contribution < 1.29 is 35.0 Å². The Bertz CT molecular complexity index is 768. The van der Waals surface area contributed by atoms with Gasteiger partial charge in [-0.3, -0.25) is 4.90 Å². The van der Waals surface area contributed by atoms with Gasteiger partial charge in [-0.05, 0) is 19.4 Å². The molecule has 5 aliphatic carbocycles.